The van der Waals surface area contributed by atoms with Crippen molar-refractivity contribution < 1.29 is 14.2 Å². The van der Waals surface area contributed by atoms with Gasteiger partial charge in [0.25, 0.3) is 0 Å². The van der Waals surface area contributed by atoms with Gasteiger partial charge in [0.1, 0.15) is 0 Å². The van der Waals surface area contributed by atoms with Crippen LogP contribution in [0.1, 0.15) is 225 Å². The maximum absolute atomic E-state index is 6.58. The summed E-state index contributed by atoms with van der Waals surface area (Å²) in [4.78, 5) is 4.18. The molecule has 0 radical (unpaired) electrons. The molecule has 0 unspecified atom stereocenters. The van der Waals surface area contributed by atoms with E-state index in [0.29, 0.717) is 19.8 Å². The summed E-state index contributed by atoms with van der Waals surface area (Å²) in [5.74, 6) is 2.44. The number of benzene rings is 1. The zero-order chi connectivity index (χ0) is 37.7. The summed E-state index contributed by atoms with van der Waals surface area (Å²) in [6.07, 6.45) is 47.5. The molecule has 0 fully saturated rings. The fraction of sp³-hybridized carbons (Fsp3) is 0.735. The highest BCUT2D eigenvalue weighted by molar-refractivity contribution is 5.72. The smallest absolute Gasteiger partial charge is 0.203 e. The lowest BCUT2D eigenvalue weighted by molar-refractivity contribution is 0.234. The van der Waals surface area contributed by atoms with Crippen LogP contribution in [0.4, 0.5) is 0 Å². The quantitative estimate of drug-likeness (QED) is 0.0644. The Bertz CT molecular complexity index is 1050. The molecule has 302 valence electrons. The van der Waals surface area contributed by atoms with Gasteiger partial charge in [-0.1, -0.05) is 206 Å². The van der Waals surface area contributed by atoms with Crippen molar-refractivity contribution in [3.63, 3.8) is 0 Å². The van der Waals surface area contributed by atoms with Crippen molar-refractivity contribution in [3.8, 4) is 17.2 Å². The van der Waals surface area contributed by atoms with E-state index in [0.717, 1.165) is 47.6 Å². The molecule has 0 saturated heterocycles. The molecule has 4 nitrogen and oxygen atoms in total. The summed E-state index contributed by atoms with van der Waals surface area (Å²) in [6, 6.07) is 8.36. The van der Waals surface area contributed by atoms with Crippen LogP contribution in [0, 0.1) is 0 Å². The molecule has 2 rings (SSSR count). The largest absolute Gasteiger partial charge is 0.490 e. The molecule has 0 atom stereocenters. The highest BCUT2D eigenvalue weighted by Gasteiger charge is 2.16. The molecule has 0 N–H and O–H groups in total. The van der Waals surface area contributed by atoms with E-state index in [-0.39, 0.29) is 0 Å². The van der Waals surface area contributed by atoms with Crippen molar-refractivity contribution in [2.45, 2.75) is 213 Å². The minimum Gasteiger partial charge on any atom is -0.490 e. The van der Waals surface area contributed by atoms with E-state index in [2.05, 4.69) is 50.0 Å². The average Bonchev–Trinajstić information content (AvgIpc) is 3.18. The summed E-state index contributed by atoms with van der Waals surface area (Å²) < 4.78 is 19.7. The highest BCUT2D eigenvalue weighted by atomic mass is 16.5. The van der Waals surface area contributed by atoms with Gasteiger partial charge in [-0.15, -0.1) is 0 Å². The maximum atomic E-state index is 6.58. The Kier molecular flexibility index (Phi) is 31.0. The normalized spacial score (nSPS) is 11.5. The first-order valence-electron chi connectivity index (χ1n) is 22.9. The molecule has 1 aromatic heterocycles. The number of aromatic nitrogens is 1. The van der Waals surface area contributed by atoms with Crippen LogP contribution in [0.25, 0.3) is 12.2 Å². The summed E-state index contributed by atoms with van der Waals surface area (Å²) in [5, 5.41) is 0. The van der Waals surface area contributed by atoms with Crippen LogP contribution in [0.3, 0.4) is 0 Å². The van der Waals surface area contributed by atoms with Crippen LogP contribution in [-0.2, 0) is 0 Å². The predicted molar refractivity (Wildman–Crippen MR) is 232 cm³/mol. The number of hydrogen-bond donors (Lipinski definition) is 0. The molecule has 0 aliphatic carbocycles. The van der Waals surface area contributed by atoms with Crippen LogP contribution >= 0.6 is 0 Å². The second-order valence-electron chi connectivity index (χ2n) is 15.6. The highest BCUT2D eigenvalue weighted by Crippen LogP contribution is 2.40. The minimum absolute atomic E-state index is 0.700. The lowest BCUT2D eigenvalue weighted by Crippen LogP contribution is -2.07. The van der Waals surface area contributed by atoms with E-state index in [9.17, 15) is 0 Å². The number of pyridine rings is 1. The Balaban J connectivity index is 1.99. The topological polar surface area (TPSA) is 40.6 Å². The van der Waals surface area contributed by atoms with Crippen molar-refractivity contribution in [1.82, 2.24) is 4.98 Å². The second-order valence-corrected chi connectivity index (χ2v) is 15.6. The number of rotatable bonds is 38. The molecule has 0 saturated carbocycles. The SMILES string of the molecule is CCCCCCCCCCCCOc1cc(/C=C/c2ccncc2)cc(OCCCCCCCCCCCC)c1OCCCCCCCCCCCC. The summed E-state index contributed by atoms with van der Waals surface area (Å²) >= 11 is 0. The monoisotopic (exact) mass is 734 g/mol. The van der Waals surface area contributed by atoms with Gasteiger partial charge in [-0.05, 0) is 54.7 Å². The number of hydrogen-bond acceptors (Lipinski definition) is 4. The van der Waals surface area contributed by atoms with E-state index in [1.54, 1.807) is 0 Å². The van der Waals surface area contributed by atoms with Gasteiger partial charge < -0.3 is 14.2 Å². The summed E-state index contributed by atoms with van der Waals surface area (Å²) in [5.41, 5.74) is 2.20. The van der Waals surface area contributed by atoms with E-state index in [1.165, 1.54) is 173 Å². The molecule has 4 heteroatoms. The van der Waals surface area contributed by atoms with Crippen LogP contribution in [-0.4, -0.2) is 24.8 Å². The molecule has 0 aliphatic rings. The standard InChI is InChI=1S/C49H83NO3/c1-4-7-10-13-16-19-22-25-28-31-40-51-47-43-46(35-34-45-36-38-50-39-37-45)44-48(52-41-32-29-26-23-20-17-14-11-8-5-2)49(47)53-42-33-30-27-24-21-18-15-12-9-6-3/h34-39,43-44H,4-33,40-42H2,1-3H3/b35-34+. The van der Waals surface area contributed by atoms with E-state index in [4.69, 9.17) is 14.2 Å². The number of ether oxygens (including phenoxy) is 3. The molecular formula is C49H83NO3. The van der Waals surface area contributed by atoms with Crippen LogP contribution in [0.15, 0.2) is 36.7 Å². The molecule has 0 amide bonds. The fourth-order valence-corrected chi connectivity index (χ4v) is 7.02. The fourth-order valence-electron chi connectivity index (χ4n) is 7.02. The van der Waals surface area contributed by atoms with Crippen molar-refractivity contribution in [3.05, 3.63) is 47.8 Å². The van der Waals surface area contributed by atoms with Crippen molar-refractivity contribution >= 4 is 12.2 Å². The first-order chi connectivity index (χ1) is 26.3. The van der Waals surface area contributed by atoms with Crippen molar-refractivity contribution in [1.29, 1.82) is 0 Å². The third-order valence-corrected chi connectivity index (χ3v) is 10.5. The Morgan fingerprint density at radius 3 is 1.04 bits per heavy atom. The van der Waals surface area contributed by atoms with E-state index >= 15 is 0 Å². The first kappa shape index (κ1) is 46.7. The predicted octanol–water partition coefficient (Wildman–Crippen LogP) is 16.2. The van der Waals surface area contributed by atoms with Gasteiger partial charge >= 0.3 is 0 Å². The Morgan fingerprint density at radius 1 is 0.377 bits per heavy atom. The maximum Gasteiger partial charge on any atom is 0.203 e. The van der Waals surface area contributed by atoms with Gasteiger partial charge in [0, 0.05) is 12.4 Å². The zero-order valence-corrected chi connectivity index (χ0v) is 35.1. The molecule has 0 spiro atoms. The Hall–Kier alpha value is -2.49. The average molecular weight is 734 g/mol. The van der Waals surface area contributed by atoms with Gasteiger partial charge in [-0.3, -0.25) is 4.98 Å². The van der Waals surface area contributed by atoms with Gasteiger partial charge in [-0.25, -0.2) is 0 Å². The van der Waals surface area contributed by atoms with Crippen molar-refractivity contribution in [2.75, 3.05) is 19.8 Å². The molecule has 0 aliphatic heterocycles. The molecule has 0 bridgehead atoms. The molecule has 53 heavy (non-hydrogen) atoms. The summed E-state index contributed by atoms with van der Waals surface area (Å²) in [7, 11) is 0. The van der Waals surface area contributed by atoms with Crippen molar-refractivity contribution in [2.24, 2.45) is 0 Å². The third-order valence-electron chi connectivity index (χ3n) is 10.5. The molecular weight excluding hydrogens is 651 g/mol. The molecule has 1 aromatic carbocycles. The van der Waals surface area contributed by atoms with E-state index in [1.807, 2.05) is 24.5 Å². The van der Waals surface area contributed by atoms with Crippen LogP contribution in [0.2, 0.25) is 0 Å². The molecule has 1 heterocycles. The van der Waals surface area contributed by atoms with E-state index < -0.39 is 0 Å². The zero-order valence-electron chi connectivity index (χ0n) is 35.1. The van der Waals surface area contributed by atoms with Crippen LogP contribution in [0.5, 0.6) is 17.2 Å². The van der Waals surface area contributed by atoms with Gasteiger partial charge in [0.2, 0.25) is 5.75 Å². The van der Waals surface area contributed by atoms with Gasteiger partial charge in [0.05, 0.1) is 19.8 Å². The molecule has 2 aromatic rings. The Labute approximate surface area is 328 Å². The van der Waals surface area contributed by atoms with Gasteiger partial charge in [-0.2, -0.15) is 0 Å². The van der Waals surface area contributed by atoms with Crippen LogP contribution < -0.4 is 14.2 Å². The Morgan fingerprint density at radius 2 is 0.679 bits per heavy atom. The van der Waals surface area contributed by atoms with Gasteiger partial charge in [0.15, 0.2) is 11.5 Å². The first-order valence-corrected chi connectivity index (χ1v) is 22.9. The minimum atomic E-state index is 0.700. The number of nitrogens with zero attached hydrogens (tertiary/aromatic N) is 1. The second kappa shape index (κ2) is 35.2. The number of unbranched alkanes of at least 4 members (excludes halogenated alkanes) is 27. The summed E-state index contributed by atoms with van der Waals surface area (Å²) in [6.45, 7) is 8.99. The third kappa shape index (κ3) is 26.0. The lowest BCUT2D eigenvalue weighted by Gasteiger charge is -2.18. The lowest BCUT2D eigenvalue weighted by atomic mass is 10.1.